The number of benzene rings is 2. The highest BCUT2D eigenvalue weighted by molar-refractivity contribution is 6.08. The van der Waals surface area contributed by atoms with E-state index in [9.17, 15) is 9.59 Å². The highest BCUT2D eigenvalue weighted by Crippen LogP contribution is 2.29. The molecule has 0 bridgehead atoms. The predicted molar refractivity (Wildman–Crippen MR) is 187 cm³/mol. The number of amides is 3. The van der Waals surface area contributed by atoms with Crippen LogP contribution in [0.3, 0.4) is 0 Å². The molecule has 1 atom stereocenters. The van der Waals surface area contributed by atoms with Crippen molar-refractivity contribution < 1.29 is 19.6 Å². The summed E-state index contributed by atoms with van der Waals surface area (Å²) < 4.78 is 5.57. The van der Waals surface area contributed by atoms with Crippen LogP contribution in [0.4, 0.5) is 22.0 Å². The molecule has 4 heterocycles. The first kappa shape index (κ1) is 32.7. The zero-order valence-electron chi connectivity index (χ0n) is 27.4. The van der Waals surface area contributed by atoms with Crippen LogP contribution in [0.2, 0.25) is 0 Å². The number of carbonyl (C=O) groups excluding carboxylic acids is 2. The van der Waals surface area contributed by atoms with Crippen molar-refractivity contribution in [3.05, 3.63) is 78.1 Å². The normalized spacial score (nSPS) is 16.8. The number of quaternary nitrogens is 1. The number of nitrogens with one attached hydrogen (secondary N) is 3. The van der Waals surface area contributed by atoms with E-state index < -0.39 is 6.03 Å². The van der Waals surface area contributed by atoms with Gasteiger partial charge in [-0.1, -0.05) is 0 Å². The lowest BCUT2D eigenvalue weighted by molar-refractivity contribution is -0.555. The highest BCUT2D eigenvalue weighted by Gasteiger charge is 2.28. The number of hydrogen-bond acceptors (Lipinski definition) is 9. The number of likely N-dealkylation sites (N-methyl/N-ethyl adjacent to an activating group) is 1. The van der Waals surface area contributed by atoms with Gasteiger partial charge >= 0.3 is 6.03 Å². The second-order valence-corrected chi connectivity index (χ2v) is 12.1. The zero-order chi connectivity index (χ0) is 33.6. The first-order chi connectivity index (χ1) is 23.3. The maximum atomic E-state index is 12.9. The van der Waals surface area contributed by atoms with Gasteiger partial charge in [0.05, 0.1) is 31.4 Å². The SMILES string of the molecule is C[NH2+]/C=C(\C=N)c1cnc2c(N3CCOCC3)nc(-c3ccc(NC(=O)Nc4ccc(C(=O)N5CCC(N(C)C)C5)cc4)cc3)nc2c1. The van der Waals surface area contributed by atoms with Crippen molar-refractivity contribution >= 4 is 52.0 Å². The van der Waals surface area contributed by atoms with E-state index >= 15 is 0 Å². The Morgan fingerprint density at radius 2 is 1.67 bits per heavy atom. The lowest BCUT2D eigenvalue weighted by Crippen LogP contribution is -2.72. The molecule has 0 aliphatic carbocycles. The number of fused-ring (bicyclic) bond motifs is 1. The molecule has 13 heteroatoms. The van der Waals surface area contributed by atoms with Crippen LogP contribution in [0.25, 0.3) is 28.0 Å². The molecule has 13 nitrogen and oxygen atoms in total. The summed E-state index contributed by atoms with van der Waals surface area (Å²) >= 11 is 0. The molecule has 3 amide bonds. The van der Waals surface area contributed by atoms with Crippen molar-refractivity contribution in [1.82, 2.24) is 24.8 Å². The quantitative estimate of drug-likeness (QED) is 0.202. The fourth-order valence-corrected chi connectivity index (χ4v) is 5.92. The summed E-state index contributed by atoms with van der Waals surface area (Å²) in [5, 5.41) is 15.4. The molecule has 2 saturated heterocycles. The fraction of sp³-hybridized carbons (Fsp3) is 0.314. The van der Waals surface area contributed by atoms with Gasteiger partial charge in [0.25, 0.3) is 5.91 Å². The smallest absolute Gasteiger partial charge is 0.323 e. The third kappa shape index (κ3) is 7.33. The van der Waals surface area contributed by atoms with E-state index in [4.69, 9.17) is 25.1 Å². The summed E-state index contributed by atoms with van der Waals surface area (Å²) in [7, 11) is 5.98. The lowest BCUT2D eigenvalue weighted by atomic mass is 10.1. The molecule has 2 aliphatic heterocycles. The molecular weight excluding hydrogens is 608 g/mol. The van der Waals surface area contributed by atoms with Gasteiger partial charge in [-0.05, 0) is 75.1 Å². The summed E-state index contributed by atoms with van der Waals surface area (Å²) in [6, 6.07) is 16.2. The minimum Gasteiger partial charge on any atom is -0.378 e. The number of rotatable bonds is 9. The molecule has 48 heavy (non-hydrogen) atoms. The number of nitrogens with zero attached hydrogens (tertiary/aromatic N) is 6. The molecular formula is C35H41N10O3+. The number of likely N-dealkylation sites (tertiary alicyclic amines) is 1. The maximum absolute atomic E-state index is 12.9. The number of carbonyl (C=O) groups is 2. The number of ether oxygens (including phenoxy) is 1. The lowest BCUT2D eigenvalue weighted by Gasteiger charge is -2.28. The third-order valence-electron chi connectivity index (χ3n) is 8.63. The Hall–Kier alpha value is -5.24. The molecule has 2 aromatic heterocycles. The molecule has 0 spiro atoms. The first-order valence-corrected chi connectivity index (χ1v) is 16.1. The minimum atomic E-state index is -0.398. The summed E-state index contributed by atoms with van der Waals surface area (Å²) in [4.78, 5) is 46.5. The molecule has 5 N–H and O–H groups in total. The van der Waals surface area contributed by atoms with Gasteiger partial charge in [-0.25, -0.2) is 14.8 Å². The number of urea groups is 1. The van der Waals surface area contributed by atoms with Crippen LogP contribution in [0.5, 0.6) is 0 Å². The molecule has 2 fully saturated rings. The molecule has 1 unspecified atom stereocenters. The Morgan fingerprint density at radius 1 is 0.979 bits per heavy atom. The Balaban J connectivity index is 1.16. The van der Waals surface area contributed by atoms with Crippen LogP contribution in [-0.2, 0) is 4.74 Å². The van der Waals surface area contributed by atoms with Crippen molar-refractivity contribution in [3.63, 3.8) is 0 Å². The summed E-state index contributed by atoms with van der Waals surface area (Å²) in [6.45, 7) is 4.05. The number of nitrogens with two attached hydrogens (primary N) is 1. The Kier molecular flexibility index (Phi) is 9.99. The summed E-state index contributed by atoms with van der Waals surface area (Å²) in [6.07, 6.45) is 5.89. The van der Waals surface area contributed by atoms with E-state index in [-0.39, 0.29) is 5.91 Å². The number of aromatic nitrogens is 3. The standard InChI is InChI=1S/C35H40N10O3/c1-37-20-26(19-36)25-18-30-31(38-21-25)33(44-14-16-48-17-15-44)42-32(41-30)23-4-8-27(9-5-23)39-35(47)40-28-10-6-24(7-11-28)34(46)45-13-12-29(22-45)43(2)3/h4-11,18-21,29,36-37H,12-17,22H2,1-3H3,(H2,39,40,47)/p+1/b26-20+,36-19?. The van der Waals surface area contributed by atoms with E-state index in [1.54, 1.807) is 42.6 Å². The molecule has 0 radical (unpaired) electrons. The fourth-order valence-electron chi connectivity index (χ4n) is 5.92. The summed E-state index contributed by atoms with van der Waals surface area (Å²) in [5.41, 5.74) is 5.46. The van der Waals surface area contributed by atoms with Gasteiger partial charge in [0.15, 0.2) is 11.6 Å². The van der Waals surface area contributed by atoms with Gasteiger partial charge in [0.2, 0.25) is 0 Å². The van der Waals surface area contributed by atoms with Crippen LogP contribution in [-0.4, -0.2) is 109 Å². The van der Waals surface area contributed by atoms with E-state index in [0.717, 1.165) is 42.0 Å². The average Bonchev–Trinajstić information content (AvgIpc) is 3.62. The Labute approximate surface area is 279 Å². The number of hydrogen-bond donors (Lipinski definition) is 4. The van der Waals surface area contributed by atoms with Crippen LogP contribution in [0, 0.1) is 5.41 Å². The van der Waals surface area contributed by atoms with E-state index in [0.29, 0.717) is 66.1 Å². The first-order valence-electron chi connectivity index (χ1n) is 16.1. The molecule has 4 aromatic rings. The van der Waals surface area contributed by atoms with Crippen molar-refractivity contribution in [2.24, 2.45) is 0 Å². The molecule has 2 aliphatic rings. The van der Waals surface area contributed by atoms with Gasteiger partial charge in [-0.15, -0.1) is 0 Å². The molecule has 248 valence electrons. The highest BCUT2D eigenvalue weighted by atomic mass is 16.5. The number of morpholine rings is 1. The van der Waals surface area contributed by atoms with Crippen molar-refractivity contribution in [2.75, 3.05) is 76.1 Å². The van der Waals surface area contributed by atoms with Gasteiger partial charge in [-0.2, -0.15) is 0 Å². The van der Waals surface area contributed by atoms with Crippen LogP contribution in [0.1, 0.15) is 22.3 Å². The largest absolute Gasteiger partial charge is 0.378 e. The van der Waals surface area contributed by atoms with Gasteiger partial charge in [-0.3, -0.25) is 9.78 Å². The molecule has 6 rings (SSSR count). The zero-order valence-corrected chi connectivity index (χ0v) is 27.4. The second-order valence-electron chi connectivity index (χ2n) is 12.1. The minimum absolute atomic E-state index is 0.00250. The van der Waals surface area contributed by atoms with Gasteiger partial charge in [0, 0.05) is 72.7 Å². The van der Waals surface area contributed by atoms with E-state index in [2.05, 4.69) is 20.4 Å². The monoisotopic (exact) mass is 649 g/mol. The van der Waals surface area contributed by atoms with E-state index in [1.165, 1.54) is 6.21 Å². The van der Waals surface area contributed by atoms with Crippen LogP contribution < -0.4 is 20.9 Å². The van der Waals surface area contributed by atoms with Gasteiger partial charge < -0.3 is 40.8 Å². The van der Waals surface area contributed by atoms with Crippen LogP contribution >= 0.6 is 0 Å². The molecule has 0 saturated carbocycles. The maximum Gasteiger partial charge on any atom is 0.323 e. The van der Waals surface area contributed by atoms with Gasteiger partial charge in [0.1, 0.15) is 11.7 Å². The second kappa shape index (κ2) is 14.7. The molecule has 2 aromatic carbocycles. The summed E-state index contributed by atoms with van der Waals surface area (Å²) in [5.74, 6) is 1.27. The van der Waals surface area contributed by atoms with E-state index in [1.807, 2.05) is 55.8 Å². The van der Waals surface area contributed by atoms with Crippen LogP contribution in [0.15, 0.2) is 67.0 Å². The Bertz CT molecular complexity index is 1820. The topological polar surface area (TPSA) is 156 Å². The van der Waals surface area contributed by atoms with Crippen molar-refractivity contribution in [1.29, 1.82) is 5.41 Å². The van der Waals surface area contributed by atoms with Crippen molar-refractivity contribution in [3.8, 4) is 11.4 Å². The number of anilines is 3. The number of pyridine rings is 1. The average molecular weight is 650 g/mol. The number of allylic oxidation sites excluding steroid dienone is 1. The third-order valence-corrected chi connectivity index (χ3v) is 8.63. The van der Waals surface area contributed by atoms with Crippen molar-refractivity contribution in [2.45, 2.75) is 12.5 Å². The predicted octanol–water partition coefficient (Wildman–Crippen LogP) is 3.13. The Morgan fingerprint density at radius 3 is 2.29 bits per heavy atom.